The molecule has 0 amide bonds. The Hall–Kier alpha value is -0.610. The highest BCUT2D eigenvalue weighted by Crippen LogP contribution is 2.27. The lowest BCUT2D eigenvalue weighted by Gasteiger charge is -2.34. The molecule has 1 fully saturated rings. The minimum absolute atomic E-state index is 0.148. The van der Waals surface area contributed by atoms with Crippen molar-refractivity contribution in [2.45, 2.75) is 31.9 Å². The highest BCUT2D eigenvalue weighted by atomic mass is 16.5. The van der Waals surface area contributed by atoms with Gasteiger partial charge >= 0.3 is 5.97 Å². The van der Waals surface area contributed by atoms with Crippen molar-refractivity contribution in [3.05, 3.63) is 0 Å². The summed E-state index contributed by atoms with van der Waals surface area (Å²) < 4.78 is 5.05. The molecule has 0 radical (unpaired) electrons. The highest BCUT2D eigenvalue weighted by molar-refractivity contribution is 5.72. The normalized spacial score (nSPS) is 29.4. The number of carboxylic acids is 1. The molecule has 0 aromatic heterocycles. The first-order chi connectivity index (χ1) is 6.15. The minimum Gasteiger partial charge on any atom is -0.481 e. The molecule has 0 bridgehead atoms. The second kappa shape index (κ2) is 4.58. The molecular formula is C9H17NO3. The standard InChI is InChI=1S/C9H17NO3/c1-6(13-2)5-10-8-4-3-7(8)9(11)12/h6-8,10H,3-5H2,1-2H3,(H,11,12). The molecule has 0 aromatic carbocycles. The first-order valence-corrected chi connectivity index (χ1v) is 4.64. The maximum atomic E-state index is 10.6. The number of methoxy groups -OCH3 is 1. The molecule has 76 valence electrons. The van der Waals surface area contributed by atoms with E-state index in [1.165, 1.54) is 0 Å². The molecule has 4 nitrogen and oxygen atoms in total. The molecular weight excluding hydrogens is 170 g/mol. The first-order valence-electron chi connectivity index (χ1n) is 4.64. The van der Waals surface area contributed by atoms with Gasteiger partial charge in [-0.25, -0.2) is 0 Å². The summed E-state index contributed by atoms with van der Waals surface area (Å²) >= 11 is 0. The summed E-state index contributed by atoms with van der Waals surface area (Å²) in [6.45, 7) is 2.69. The zero-order valence-electron chi connectivity index (χ0n) is 8.12. The molecule has 3 unspecified atom stereocenters. The third kappa shape index (κ3) is 2.67. The Labute approximate surface area is 78.3 Å². The van der Waals surface area contributed by atoms with E-state index < -0.39 is 5.97 Å². The molecule has 2 N–H and O–H groups in total. The topological polar surface area (TPSA) is 58.6 Å². The largest absolute Gasteiger partial charge is 0.481 e. The van der Waals surface area contributed by atoms with Crippen molar-refractivity contribution < 1.29 is 14.6 Å². The third-order valence-electron chi connectivity index (χ3n) is 2.66. The third-order valence-corrected chi connectivity index (χ3v) is 2.66. The van der Waals surface area contributed by atoms with E-state index >= 15 is 0 Å². The summed E-state index contributed by atoms with van der Waals surface area (Å²) in [5, 5.41) is 12.0. The minimum atomic E-state index is -0.686. The molecule has 1 rings (SSSR count). The monoisotopic (exact) mass is 187 g/mol. The van der Waals surface area contributed by atoms with Gasteiger partial charge in [0.25, 0.3) is 0 Å². The second-order valence-corrected chi connectivity index (χ2v) is 3.58. The highest BCUT2D eigenvalue weighted by Gasteiger charge is 2.36. The van der Waals surface area contributed by atoms with Crippen LogP contribution in [0.2, 0.25) is 0 Å². The van der Waals surface area contributed by atoms with Gasteiger partial charge in [-0.15, -0.1) is 0 Å². The van der Waals surface area contributed by atoms with E-state index in [0.717, 1.165) is 19.4 Å². The fourth-order valence-electron chi connectivity index (χ4n) is 1.44. The number of carbonyl (C=O) groups is 1. The lowest BCUT2D eigenvalue weighted by molar-refractivity contribution is -0.146. The van der Waals surface area contributed by atoms with Crippen LogP contribution in [0.4, 0.5) is 0 Å². The second-order valence-electron chi connectivity index (χ2n) is 3.58. The van der Waals surface area contributed by atoms with Crippen LogP contribution in [0.5, 0.6) is 0 Å². The number of hydrogen-bond donors (Lipinski definition) is 2. The number of carboxylic acid groups (broad SMARTS) is 1. The lowest BCUT2D eigenvalue weighted by Crippen LogP contribution is -2.49. The van der Waals surface area contributed by atoms with Gasteiger partial charge in [0.1, 0.15) is 0 Å². The van der Waals surface area contributed by atoms with Crippen molar-refractivity contribution in [2.24, 2.45) is 5.92 Å². The van der Waals surface area contributed by atoms with Crippen LogP contribution in [0, 0.1) is 5.92 Å². The molecule has 0 heterocycles. The van der Waals surface area contributed by atoms with Crippen LogP contribution in [0.25, 0.3) is 0 Å². The fourth-order valence-corrected chi connectivity index (χ4v) is 1.44. The molecule has 13 heavy (non-hydrogen) atoms. The van der Waals surface area contributed by atoms with E-state index in [2.05, 4.69) is 5.32 Å². The van der Waals surface area contributed by atoms with E-state index in [1.807, 2.05) is 6.92 Å². The van der Waals surface area contributed by atoms with Crippen LogP contribution in [0.3, 0.4) is 0 Å². The Morgan fingerprint density at radius 2 is 2.38 bits per heavy atom. The van der Waals surface area contributed by atoms with E-state index in [4.69, 9.17) is 9.84 Å². The Kier molecular flexibility index (Phi) is 3.69. The van der Waals surface area contributed by atoms with E-state index in [9.17, 15) is 4.79 Å². The Balaban J connectivity index is 2.19. The summed E-state index contributed by atoms with van der Waals surface area (Å²) in [5.74, 6) is -0.877. The van der Waals surface area contributed by atoms with Crippen molar-refractivity contribution in [3.8, 4) is 0 Å². The van der Waals surface area contributed by atoms with Crippen molar-refractivity contribution in [1.82, 2.24) is 5.32 Å². The average molecular weight is 187 g/mol. The molecule has 3 atom stereocenters. The van der Waals surface area contributed by atoms with Crippen molar-refractivity contribution in [3.63, 3.8) is 0 Å². The number of aliphatic carboxylic acids is 1. The molecule has 4 heteroatoms. The van der Waals surface area contributed by atoms with Crippen LogP contribution in [-0.4, -0.2) is 36.9 Å². The van der Waals surface area contributed by atoms with Gasteiger partial charge in [-0.3, -0.25) is 4.79 Å². The quantitative estimate of drug-likeness (QED) is 0.657. The van der Waals surface area contributed by atoms with E-state index in [-0.39, 0.29) is 18.1 Å². The zero-order valence-corrected chi connectivity index (χ0v) is 8.12. The van der Waals surface area contributed by atoms with Crippen molar-refractivity contribution >= 4 is 5.97 Å². The van der Waals surface area contributed by atoms with Gasteiger partial charge in [-0.05, 0) is 19.8 Å². The van der Waals surface area contributed by atoms with E-state index in [0.29, 0.717) is 0 Å². The Bertz CT molecular complexity index is 184. The molecule has 1 saturated carbocycles. The molecule has 1 aliphatic carbocycles. The van der Waals surface area contributed by atoms with Gasteiger partial charge in [0, 0.05) is 19.7 Å². The average Bonchev–Trinajstić information content (AvgIpc) is 2.01. The number of ether oxygens (including phenoxy) is 1. The van der Waals surface area contributed by atoms with Crippen LogP contribution >= 0.6 is 0 Å². The maximum absolute atomic E-state index is 10.6. The van der Waals surface area contributed by atoms with Crippen LogP contribution in [-0.2, 0) is 9.53 Å². The molecule has 1 aliphatic rings. The Morgan fingerprint density at radius 3 is 2.77 bits per heavy atom. The van der Waals surface area contributed by atoms with Gasteiger partial charge < -0.3 is 15.2 Å². The molecule has 0 aromatic rings. The maximum Gasteiger partial charge on any atom is 0.308 e. The summed E-state index contributed by atoms with van der Waals surface area (Å²) in [4.78, 5) is 10.6. The first kappa shape index (κ1) is 10.5. The number of hydrogen-bond acceptors (Lipinski definition) is 3. The number of rotatable bonds is 5. The van der Waals surface area contributed by atoms with Crippen LogP contribution < -0.4 is 5.32 Å². The predicted molar refractivity (Wildman–Crippen MR) is 48.6 cm³/mol. The smallest absolute Gasteiger partial charge is 0.308 e. The summed E-state index contributed by atoms with van der Waals surface area (Å²) in [5.41, 5.74) is 0. The van der Waals surface area contributed by atoms with Crippen LogP contribution in [0.1, 0.15) is 19.8 Å². The van der Waals surface area contributed by atoms with Crippen molar-refractivity contribution in [2.75, 3.05) is 13.7 Å². The fraction of sp³-hybridized carbons (Fsp3) is 0.889. The van der Waals surface area contributed by atoms with E-state index in [1.54, 1.807) is 7.11 Å². The van der Waals surface area contributed by atoms with Gasteiger partial charge in [-0.2, -0.15) is 0 Å². The number of nitrogens with one attached hydrogen (secondary N) is 1. The summed E-state index contributed by atoms with van der Waals surface area (Å²) in [6.07, 6.45) is 1.91. The molecule has 0 aliphatic heterocycles. The zero-order chi connectivity index (χ0) is 9.84. The van der Waals surface area contributed by atoms with Crippen LogP contribution in [0.15, 0.2) is 0 Å². The summed E-state index contributed by atoms with van der Waals surface area (Å²) in [7, 11) is 1.65. The van der Waals surface area contributed by atoms with Gasteiger partial charge in [0.2, 0.25) is 0 Å². The van der Waals surface area contributed by atoms with Gasteiger partial charge in [0.15, 0.2) is 0 Å². The lowest BCUT2D eigenvalue weighted by atomic mass is 9.79. The Morgan fingerprint density at radius 1 is 1.69 bits per heavy atom. The van der Waals surface area contributed by atoms with Crippen molar-refractivity contribution in [1.29, 1.82) is 0 Å². The molecule has 0 saturated heterocycles. The SMILES string of the molecule is COC(C)CNC1CCC1C(=O)O. The molecule has 0 spiro atoms. The van der Waals surface area contributed by atoms with Gasteiger partial charge in [0.05, 0.1) is 12.0 Å². The predicted octanol–water partition coefficient (Wildman–Crippen LogP) is 0.474. The van der Waals surface area contributed by atoms with Gasteiger partial charge in [-0.1, -0.05) is 0 Å². The summed E-state index contributed by atoms with van der Waals surface area (Å²) in [6, 6.07) is 0.148.